The molecule has 0 aliphatic carbocycles. The van der Waals surface area contributed by atoms with Gasteiger partial charge in [-0.25, -0.2) is 0 Å². The predicted molar refractivity (Wildman–Crippen MR) is 111 cm³/mol. The molecule has 4 nitrogen and oxygen atoms in total. The lowest BCUT2D eigenvalue weighted by Crippen LogP contribution is -2.09. The van der Waals surface area contributed by atoms with Gasteiger partial charge < -0.3 is 14.2 Å². The fourth-order valence-electron chi connectivity index (χ4n) is 3.92. The van der Waals surface area contributed by atoms with Gasteiger partial charge >= 0.3 is 0 Å². The first-order valence-corrected chi connectivity index (χ1v) is 9.41. The fourth-order valence-corrected chi connectivity index (χ4v) is 3.92. The van der Waals surface area contributed by atoms with E-state index in [-0.39, 0.29) is 0 Å². The van der Waals surface area contributed by atoms with Crippen LogP contribution in [0.5, 0.6) is 17.2 Å². The van der Waals surface area contributed by atoms with Gasteiger partial charge in [-0.05, 0) is 70.6 Å². The second-order valence-electron chi connectivity index (χ2n) is 6.96. The molecule has 3 aromatic rings. The van der Waals surface area contributed by atoms with Crippen LogP contribution in [-0.2, 0) is 6.42 Å². The van der Waals surface area contributed by atoms with Gasteiger partial charge in [0.2, 0.25) is 0 Å². The zero-order valence-electron chi connectivity index (χ0n) is 16.2. The molecule has 0 amide bonds. The summed E-state index contributed by atoms with van der Waals surface area (Å²) in [6.07, 6.45) is 4.41. The maximum atomic E-state index is 5.57. The predicted octanol–water partition coefficient (Wildman–Crippen LogP) is 5.19. The monoisotopic (exact) mass is 363 g/mol. The molecule has 0 unspecified atom stereocenters. The highest BCUT2D eigenvalue weighted by atomic mass is 16.5. The Balaban J connectivity index is 1.98. The van der Waals surface area contributed by atoms with E-state index in [9.17, 15) is 0 Å². The molecule has 140 valence electrons. The highest BCUT2D eigenvalue weighted by Gasteiger charge is 2.15. The van der Waals surface area contributed by atoms with Crippen LogP contribution in [0.2, 0.25) is 0 Å². The van der Waals surface area contributed by atoms with E-state index in [0.29, 0.717) is 0 Å². The molecule has 0 atom stereocenters. The van der Waals surface area contributed by atoms with E-state index in [0.717, 1.165) is 47.4 Å². The van der Waals surface area contributed by atoms with E-state index >= 15 is 0 Å². The second-order valence-corrected chi connectivity index (χ2v) is 6.96. The Labute approximate surface area is 159 Å². The summed E-state index contributed by atoms with van der Waals surface area (Å²) in [5, 5.41) is 4.68. The first-order valence-electron chi connectivity index (χ1n) is 9.41. The first kappa shape index (κ1) is 17.7. The van der Waals surface area contributed by atoms with Gasteiger partial charge in [0, 0.05) is 18.7 Å². The number of methoxy groups -OCH3 is 3. The quantitative estimate of drug-likeness (QED) is 0.586. The van der Waals surface area contributed by atoms with Crippen LogP contribution in [0.1, 0.15) is 24.8 Å². The number of hydrogen-bond acceptors (Lipinski definition) is 4. The van der Waals surface area contributed by atoms with E-state index in [4.69, 9.17) is 19.2 Å². The summed E-state index contributed by atoms with van der Waals surface area (Å²) < 4.78 is 16.6. The van der Waals surface area contributed by atoms with Gasteiger partial charge in [0.15, 0.2) is 11.5 Å². The molecular formula is C23H25NO3. The van der Waals surface area contributed by atoms with Gasteiger partial charge in [0.1, 0.15) is 5.75 Å². The summed E-state index contributed by atoms with van der Waals surface area (Å²) in [7, 11) is 5.05. The zero-order chi connectivity index (χ0) is 18.8. The van der Waals surface area contributed by atoms with Crippen molar-refractivity contribution in [3.8, 4) is 17.2 Å². The number of aliphatic imine (C=N–C) groups is 1. The molecule has 0 saturated carbocycles. The average Bonchev–Trinajstić information content (AvgIpc) is 2.73. The average molecular weight is 363 g/mol. The van der Waals surface area contributed by atoms with Crippen molar-refractivity contribution in [2.45, 2.75) is 25.7 Å². The van der Waals surface area contributed by atoms with Crippen molar-refractivity contribution in [3.05, 3.63) is 42.0 Å². The SMILES string of the molecule is COc1ccc2cc(CC3=NCCCC3)c3cc(OC)c(OC)cc3c2c1. The highest BCUT2D eigenvalue weighted by molar-refractivity contribution is 6.11. The maximum Gasteiger partial charge on any atom is 0.161 e. The fraction of sp³-hybridized carbons (Fsp3) is 0.348. The largest absolute Gasteiger partial charge is 0.497 e. The van der Waals surface area contributed by atoms with Crippen molar-refractivity contribution < 1.29 is 14.2 Å². The zero-order valence-corrected chi connectivity index (χ0v) is 16.2. The molecule has 0 bridgehead atoms. The number of ether oxygens (including phenoxy) is 3. The van der Waals surface area contributed by atoms with Crippen molar-refractivity contribution in [2.75, 3.05) is 27.9 Å². The molecule has 1 aliphatic rings. The van der Waals surface area contributed by atoms with Gasteiger partial charge in [-0.15, -0.1) is 0 Å². The number of fused-ring (bicyclic) bond motifs is 3. The Morgan fingerprint density at radius 3 is 2.26 bits per heavy atom. The van der Waals surface area contributed by atoms with E-state index < -0.39 is 0 Å². The van der Waals surface area contributed by atoms with E-state index in [2.05, 4.69) is 30.3 Å². The summed E-state index contributed by atoms with van der Waals surface area (Å²) in [4.78, 5) is 4.76. The molecule has 0 radical (unpaired) electrons. The van der Waals surface area contributed by atoms with Gasteiger partial charge in [-0.2, -0.15) is 0 Å². The topological polar surface area (TPSA) is 40.0 Å². The molecule has 4 heteroatoms. The van der Waals surface area contributed by atoms with Crippen molar-refractivity contribution in [2.24, 2.45) is 4.99 Å². The summed E-state index contributed by atoms with van der Waals surface area (Å²) in [5.41, 5.74) is 2.58. The smallest absolute Gasteiger partial charge is 0.161 e. The van der Waals surface area contributed by atoms with Gasteiger partial charge in [0.05, 0.1) is 21.3 Å². The Morgan fingerprint density at radius 2 is 1.59 bits per heavy atom. The molecular weight excluding hydrogens is 338 g/mol. The molecule has 0 aromatic heterocycles. The minimum atomic E-state index is 0.737. The Morgan fingerprint density at radius 1 is 0.815 bits per heavy atom. The third-order valence-corrected chi connectivity index (χ3v) is 5.35. The number of benzene rings is 3. The lowest BCUT2D eigenvalue weighted by Gasteiger charge is -2.17. The van der Waals surface area contributed by atoms with E-state index in [1.54, 1.807) is 21.3 Å². The minimum absolute atomic E-state index is 0.737. The van der Waals surface area contributed by atoms with E-state index in [1.165, 1.54) is 34.9 Å². The maximum absolute atomic E-state index is 5.57. The highest BCUT2D eigenvalue weighted by Crippen LogP contribution is 2.39. The van der Waals surface area contributed by atoms with Crippen molar-refractivity contribution in [1.82, 2.24) is 0 Å². The normalized spacial score (nSPS) is 14.3. The van der Waals surface area contributed by atoms with Crippen LogP contribution < -0.4 is 14.2 Å². The Kier molecular flexibility index (Phi) is 4.88. The van der Waals surface area contributed by atoms with Crippen LogP contribution in [0.25, 0.3) is 21.5 Å². The molecule has 1 aliphatic heterocycles. The molecule has 27 heavy (non-hydrogen) atoms. The van der Waals surface area contributed by atoms with Crippen molar-refractivity contribution in [1.29, 1.82) is 0 Å². The number of rotatable bonds is 5. The van der Waals surface area contributed by atoms with Crippen LogP contribution >= 0.6 is 0 Å². The molecule has 0 spiro atoms. The van der Waals surface area contributed by atoms with Gasteiger partial charge in [0.25, 0.3) is 0 Å². The standard InChI is InChI=1S/C23H25NO3/c1-25-18-8-7-15-10-16(11-17-6-4-5-9-24-17)20-13-22(26-2)23(27-3)14-21(20)19(15)12-18/h7-8,10,12-14H,4-6,9,11H2,1-3H3. The summed E-state index contributed by atoms with van der Waals surface area (Å²) >= 11 is 0. The lowest BCUT2D eigenvalue weighted by atomic mass is 9.92. The Hall–Kier alpha value is -2.75. The van der Waals surface area contributed by atoms with Crippen molar-refractivity contribution in [3.63, 3.8) is 0 Å². The van der Waals surface area contributed by atoms with Crippen LogP contribution in [0.4, 0.5) is 0 Å². The lowest BCUT2D eigenvalue weighted by molar-refractivity contribution is 0.356. The molecule has 3 aromatic carbocycles. The molecule has 1 heterocycles. The molecule has 0 saturated heterocycles. The third kappa shape index (κ3) is 3.32. The van der Waals surface area contributed by atoms with E-state index in [1.807, 2.05) is 6.07 Å². The second kappa shape index (κ2) is 7.47. The van der Waals surface area contributed by atoms with Gasteiger partial charge in [-0.1, -0.05) is 12.1 Å². The van der Waals surface area contributed by atoms with Gasteiger partial charge in [-0.3, -0.25) is 4.99 Å². The molecule has 0 fully saturated rings. The third-order valence-electron chi connectivity index (χ3n) is 5.35. The first-order chi connectivity index (χ1) is 13.2. The van der Waals surface area contributed by atoms with Crippen LogP contribution in [0.15, 0.2) is 41.4 Å². The Bertz CT molecular complexity index is 1020. The summed E-state index contributed by atoms with van der Waals surface area (Å²) in [5.74, 6) is 2.34. The molecule has 0 N–H and O–H groups in total. The summed E-state index contributed by atoms with van der Waals surface area (Å²) in [6.45, 7) is 0.954. The van der Waals surface area contributed by atoms with Crippen LogP contribution in [-0.4, -0.2) is 33.6 Å². The van der Waals surface area contributed by atoms with Crippen LogP contribution in [0, 0.1) is 0 Å². The number of hydrogen-bond donors (Lipinski definition) is 0. The van der Waals surface area contributed by atoms with Crippen molar-refractivity contribution >= 4 is 27.3 Å². The summed E-state index contributed by atoms with van der Waals surface area (Å²) in [6, 6.07) is 12.7. The minimum Gasteiger partial charge on any atom is -0.497 e. The van der Waals surface area contributed by atoms with Crippen LogP contribution in [0.3, 0.4) is 0 Å². The number of nitrogens with zero attached hydrogens (tertiary/aromatic N) is 1. The molecule has 4 rings (SSSR count).